The van der Waals surface area contributed by atoms with Crippen molar-refractivity contribution in [1.29, 1.82) is 0 Å². The fourth-order valence-corrected chi connectivity index (χ4v) is 5.34. The molecule has 0 aliphatic heterocycles. The van der Waals surface area contributed by atoms with Gasteiger partial charge in [-0.1, -0.05) is 0 Å². The Balaban J connectivity index is 0.000000472. The molecule has 342 valence electrons. The van der Waals surface area contributed by atoms with Gasteiger partial charge < -0.3 is 46.1 Å². The summed E-state index contributed by atoms with van der Waals surface area (Å²) in [7, 11) is 0. The van der Waals surface area contributed by atoms with Crippen LogP contribution in [0.2, 0.25) is 0 Å². The van der Waals surface area contributed by atoms with Gasteiger partial charge in [-0.3, -0.25) is 28.8 Å². The minimum Gasteiger partial charge on any atom is -0.462 e. The molecule has 0 spiro atoms. The largest absolute Gasteiger partial charge is 0.462 e. The third-order valence-electron chi connectivity index (χ3n) is 8.09. The van der Waals surface area contributed by atoms with Crippen LogP contribution in [-0.4, -0.2) is 112 Å². The molecule has 0 heterocycles. The van der Waals surface area contributed by atoms with Crippen LogP contribution < -0.4 is 31.9 Å². The Morgan fingerprint density at radius 2 is 0.587 bits per heavy atom. The van der Waals surface area contributed by atoms with E-state index in [1.807, 2.05) is 6.92 Å². The molecular weight excluding hydrogens is 817 g/mol. The van der Waals surface area contributed by atoms with Crippen LogP contribution in [0.15, 0.2) is 54.6 Å². The van der Waals surface area contributed by atoms with Crippen LogP contribution in [0.3, 0.4) is 0 Å². The van der Waals surface area contributed by atoms with Crippen LogP contribution in [0, 0.1) is 0 Å². The van der Waals surface area contributed by atoms with E-state index in [0.29, 0.717) is 50.4 Å². The first kappa shape index (κ1) is 53.9. The summed E-state index contributed by atoms with van der Waals surface area (Å²) in [5.41, 5.74) is 1.85. The smallest absolute Gasteiger partial charge is 0.338 e. The SMILES string of the molecule is CCNC(=O)c1cc(C(=O)OCC)ccc1C(=O)OCC.CCNC(=O)c1ccc(C(=O)NCC)c(C(=O)NCC)c1.CCNC(=O)c1ccc(C(=O)NCC)c(C(=O)OCC)c1. The van der Waals surface area contributed by atoms with Gasteiger partial charge in [-0.25, -0.2) is 14.4 Å². The molecule has 0 saturated heterocycles. The first-order chi connectivity index (χ1) is 30.1. The lowest BCUT2D eigenvalue weighted by atomic mass is 10.0. The number of ether oxygens (including phenoxy) is 3. The third-order valence-corrected chi connectivity index (χ3v) is 8.09. The highest BCUT2D eigenvalue weighted by Gasteiger charge is 2.22. The topological polar surface area (TPSA) is 253 Å². The van der Waals surface area contributed by atoms with E-state index in [-0.39, 0.29) is 88.3 Å². The molecule has 18 heteroatoms. The predicted octanol–water partition coefficient (Wildman–Crippen LogP) is 4.09. The lowest BCUT2D eigenvalue weighted by molar-refractivity contribution is 0.0509. The van der Waals surface area contributed by atoms with Gasteiger partial charge in [-0.15, -0.1) is 0 Å². The van der Waals surface area contributed by atoms with Gasteiger partial charge >= 0.3 is 17.9 Å². The summed E-state index contributed by atoms with van der Waals surface area (Å²) < 4.78 is 14.7. The Morgan fingerprint density at radius 1 is 0.317 bits per heavy atom. The second kappa shape index (κ2) is 29.2. The van der Waals surface area contributed by atoms with Gasteiger partial charge in [0.1, 0.15) is 0 Å². The molecule has 0 atom stereocenters. The van der Waals surface area contributed by atoms with Crippen molar-refractivity contribution in [2.45, 2.75) is 62.3 Å². The Bertz CT molecular complexity index is 1850. The van der Waals surface area contributed by atoms with Crippen molar-refractivity contribution >= 4 is 53.4 Å². The normalized spacial score (nSPS) is 9.86. The highest BCUT2D eigenvalue weighted by atomic mass is 16.5. The lowest BCUT2D eigenvalue weighted by Gasteiger charge is -2.11. The number of rotatable bonds is 18. The van der Waals surface area contributed by atoms with Crippen molar-refractivity contribution in [3.63, 3.8) is 0 Å². The molecule has 63 heavy (non-hydrogen) atoms. The first-order valence-electron chi connectivity index (χ1n) is 20.8. The van der Waals surface area contributed by atoms with E-state index >= 15 is 0 Å². The lowest BCUT2D eigenvalue weighted by Crippen LogP contribution is -2.30. The highest BCUT2D eigenvalue weighted by molar-refractivity contribution is 6.10. The minimum atomic E-state index is -0.620. The van der Waals surface area contributed by atoms with E-state index in [4.69, 9.17) is 14.2 Å². The van der Waals surface area contributed by atoms with Crippen LogP contribution in [0.25, 0.3) is 0 Å². The van der Waals surface area contributed by atoms with Gasteiger partial charge in [0.2, 0.25) is 0 Å². The summed E-state index contributed by atoms with van der Waals surface area (Å²) in [6.45, 7) is 19.1. The molecule has 3 aromatic carbocycles. The Morgan fingerprint density at radius 3 is 0.984 bits per heavy atom. The highest BCUT2D eigenvalue weighted by Crippen LogP contribution is 2.17. The standard InChI is InChI=1S/C15H21N3O3.C15H20N2O4.C15H19NO5/c1-4-16-13(19)10-7-8-11(14(20)17-5-2)12(9-10)15(21)18-6-3;1-4-16-13(18)10-7-8-11(14(19)17-5-2)12(9-10)15(20)21-6-3;1-4-16-13(17)12-9-10(14(18)20-5-2)7-8-11(12)15(19)21-6-3/h7-9H,4-6H2,1-3H3,(H,16,19)(H,17,20)(H,18,21);7-9H,4-6H2,1-3H3,(H,16,18)(H,17,19);7-9H,4-6H2,1-3H3,(H,16,17). The Labute approximate surface area is 368 Å². The number of carbonyl (C=O) groups excluding carboxylic acids is 9. The molecule has 0 aliphatic carbocycles. The fourth-order valence-electron chi connectivity index (χ4n) is 5.34. The summed E-state index contributed by atoms with van der Waals surface area (Å²) >= 11 is 0. The molecule has 3 rings (SSSR count). The average Bonchev–Trinajstić information content (AvgIpc) is 3.27. The second-order valence-electron chi connectivity index (χ2n) is 12.6. The van der Waals surface area contributed by atoms with Crippen LogP contribution in [0.4, 0.5) is 0 Å². The van der Waals surface area contributed by atoms with E-state index in [9.17, 15) is 43.2 Å². The fraction of sp³-hybridized carbons (Fsp3) is 0.400. The van der Waals surface area contributed by atoms with Crippen LogP contribution in [0.5, 0.6) is 0 Å². The molecule has 3 aromatic rings. The summed E-state index contributed by atoms with van der Waals surface area (Å²) in [4.78, 5) is 107. The Hall–Kier alpha value is -7.11. The second-order valence-corrected chi connectivity index (χ2v) is 12.6. The number of carbonyl (C=O) groups is 9. The molecular formula is C45H60N6O12. The van der Waals surface area contributed by atoms with Crippen LogP contribution in [0.1, 0.15) is 156 Å². The number of hydrogen-bond acceptors (Lipinski definition) is 12. The van der Waals surface area contributed by atoms with E-state index in [1.165, 1.54) is 54.6 Å². The predicted molar refractivity (Wildman–Crippen MR) is 235 cm³/mol. The maximum atomic E-state index is 12.1. The number of benzene rings is 3. The van der Waals surface area contributed by atoms with Gasteiger partial charge in [0, 0.05) is 50.4 Å². The number of hydrogen-bond donors (Lipinski definition) is 6. The molecule has 0 aromatic heterocycles. The van der Waals surface area contributed by atoms with Crippen molar-refractivity contribution < 1.29 is 57.4 Å². The Kier molecular flexibility index (Phi) is 25.0. The van der Waals surface area contributed by atoms with E-state index in [1.54, 1.807) is 55.4 Å². The molecule has 6 N–H and O–H groups in total. The molecule has 18 nitrogen and oxygen atoms in total. The quantitative estimate of drug-likeness (QED) is 0.0781. The van der Waals surface area contributed by atoms with Crippen molar-refractivity contribution in [3.8, 4) is 0 Å². The van der Waals surface area contributed by atoms with E-state index < -0.39 is 23.8 Å². The van der Waals surface area contributed by atoms with Gasteiger partial charge in [0.25, 0.3) is 35.4 Å². The van der Waals surface area contributed by atoms with Gasteiger partial charge in [-0.05, 0) is 117 Å². The van der Waals surface area contributed by atoms with Gasteiger partial charge in [0.15, 0.2) is 0 Å². The summed E-state index contributed by atoms with van der Waals surface area (Å²) in [6, 6.07) is 13.0. The molecule has 0 bridgehead atoms. The molecule has 0 unspecified atom stereocenters. The number of esters is 3. The van der Waals surface area contributed by atoms with E-state index in [2.05, 4.69) is 31.9 Å². The molecule has 0 saturated carbocycles. The van der Waals surface area contributed by atoms with Crippen LogP contribution in [-0.2, 0) is 14.2 Å². The number of amides is 6. The zero-order chi connectivity index (χ0) is 47.5. The molecule has 0 fully saturated rings. The van der Waals surface area contributed by atoms with Crippen LogP contribution >= 0.6 is 0 Å². The minimum absolute atomic E-state index is 0.0894. The van der Waals surface area contributed by atoms with Crippen molar-refractivity contribution in [2.24, 2.45) is 0 Å². The number of nitrogens with one attached hydrogen (secondary N) is 6. The first-order valence-corrected chi connectivity index (χ1v) is 20.8. The monoisotopic (exact) mass is 876 g/mol. The van der Waals surface area contributed by atoms with Crippen molar-refractivity contribution in [1.82, 2.24) is 31.9 Å². The molecule has 0 aliphatic rings. The zero-order valence-electron chi connectivity index (χ0n) is 37.5. The average molecular weight is 877 g/mol. The van der Waals surface area contributed by atoms with Gasteiger partial charge in [0.05, 0.1) is 58.8 Å². The summed E-state index contributed by atoms with van der Waals surface area (Å²) in [6.07, 6.45) is 0. The molecule has 0 radical (unpaired) electrons. The van der Waals surface area contributed by atoms with Crippen molar-refractivity contribution in [2.75, 3.05) is 59.1 Å². The van der Waals surface area contributed by atoms with Gasteiger partial charge in [-0.2, -0.15) is 0 Å². The summed E-state index contributed by atoms with van der Waals surface area (Å²) in [5.74, 6) is -3.85. The maximum absolute atomic E-state index is 12.1. The summed E-state index contributed by atoms with van der Waals surface area (Å²) in [5, 5.41) is 15.8. The van der Waals surface area contributed by atoms with E-state index in [0.717, 1.165) is 0 Å². The zero-order valence-corrected chi connectivity index (χ0v) is 37.5. The maximum Gasteiger partial charge on any atom is 0.338 e. The van der Waals surface area contributed by atoms with Crippen molar-refractivity contribution in [3.05, 3.63) is 105 Å². The molecule has 6 amide bonds. The third kappa shape index (κ3) is 17.1.